The van der Waals surface area contributed by atoms with E-state index in [4.69, 9.17) is 0 Å². The fourth-order valence-corrected chi connectivity index (χ4v) is 1.68. The molecule has 0 spiro atoms. The zero-order valence-corrected chi connectivity index (χ0v) is 7.97. The molecule has 1 aliphatic carbocycles. The first-order valence-electron chi connectivity index (χ1n) is 4.68. The quantitative estimate of drug-likeness (QED) is 0.631. The summed E-state index contributed by atoms with van der Waals surface area (Å²) < 4.78 is 0. The number of carbonyl (C=O) groups is 1. The van der Waals surface area contributed by atoms with Gasteiger partial charge in [0.25, 0.3) is 0 Å². The summed E-state index contributed by atoms with van der Waals surface area (Å²) in [7, 11) is 3.70. The topological polar surface area (TPSA) is 32.3 Å². The van der Waals surface area contributed by atoms with Gasteiger partial charge in [0, 0.05) is 20.0 Å². The molecule has 70 valence electrons. The molecule has 0 heterocycles. The molecule has 0 aromatic carbocycles. The van der Waals surface area contributed by atoms with Gasteiger partial charge in [0.05, 0.1) is 0 Å². The minimum atomic E-state index is 0.194. The van der Waals surface area contributed by atoms with Gasteiger partial charge in [-0.3, -0.25) is 10.2 Å². The third kappa shape index (κ3) is 2.81. The smallest absolute Gasteiger partial charge is 0.237 e. The predicted molar refractivity (Wildman–Crippen MR) is 48.4 cm³/mol. The van der Waals surface area contributed by atoms with Crippen molar-refractivity contribution in [2.75, 3.05) is 14.1 Å². The zero-order valence-electron chi connectivity index (χ0n) is 7.97. The summed E-state index contributed by atoms with van der Waals surface area (Å²) in [4.78, 5) is 11.5. The lowest BCUT2D eigenvalue weighted by molar-refractivity contribution is -0.129. The van der Waals surface area contributed by atoms with Crippen LogP contribution in [0.25, 0.3) is 0 Å². The van der Waals surface area contributed by atoms with Crippen molar-refractivity contribution in [3.63, 3.8) is 0 Å². The maximum absolute atomic E-state index is 11.5. The molecule has 1 saturated carbocycles. The van der Waals surface area contributed by atoms with Gasteiger partial charge in [-0.05, 0) is 12.8 Å². The third-order valence-electron chi connectivity index (χ3n) is 2.31. The average molecular weight is 170 g/mol. The molecule has 3 heteroatoms. The first-order valence-corrected chi connectivity index (χ1v) is 4.68. The second-order valence-electron chi connectivity index (χ2n) is 3.71. The highest BCUT2D eigenvalue weighted by Gasteiger charge is 2.20. The monoisotopic (exact) mass is 170 g/mol. The fourth-order valence-electron chi connectivity index (χ4n) is 1.68. The Bertz CT molecular complexity index is 151. The first-order chi connectivity index (χ1) is 5.70. The largest absolute Gasteiger partial charge is 0.289 e. The summed E-state index contributed by atoms with van der Waals surface area (Å²) in [5.41, 5.74) is 2.81. The van der Waals surface area contributed by atoms with Gasteiger partial charge in [0.1, 0.15) is 0 Å². The molecule has 0 aromatic heterocycles. The number of carbonyl (C=O) groups excluding carboxylic acids is 1. The van der Waals surface area contributed by atoms with E-state index in [0.29, 0.717) is 0 Å². The van der Waals surface area contributed by atoms with Crippen molar-refractivity contribution >= 4 is 5.91 Å². The van der Waals surface area contributed by atoms with Gasteiger partial charge in [0.15, 0.2) is 0 Å². The number of hydrazine groups is 1. The lowest BCUT2D eigenvalue weighted by Crippen LogP contribution is -2.40. The van der Waals surface area contributed by atoms with E-state index in [1.165, 1.54) is 19.3 Å². The van der Waals surface area contributed by atoms with Crippen molar-refractivity contribution in [1.82, 2.24) is 10.4 Å². The third-order valence-corrected chi connectivity index (χ3v) is 2.31. The van der Waals surface area contributed by atoms with E-state index in [1.807, 2.05) is 14.1 Å². The fraction of sp³-hybridized carbons (Fsp3) is 0.889. The Labute approximate surface area is 74.1 Å². The summed E-state index contributed by atoms with van der Waals surface area (Å²) in [5.74, 6) is 0.459. The van der Waals surface area contributed by atoms with Crippen LogP contribution in [0.15, 0.2) is 0 Å². The maximum Gasteiger partial charge on any atom is 0.237 e. The Hall–Kier alpha value is -0.570. The van der Waals surface area contributed by atoms with E-state index in [2.05, 4.69) is 5.43 Å². The molecule has 0 aromatic rings. The molecule has 1 aliphatic rings. The van der Waals surface area contributed by atoms with Crippen LogP contribution in [-0.2, 0) is 4.79 Å². The predicted octanol–water partition coefficient (Wildman–Crippen LogP) is 1.16. The highest BCUT2D eigenvalue weighted by atomic mass is 16.2. The first kappa shape index (κ1) is 9.52. The molecule has 12 heavy (non-hydrogen) atoms. The van der Waals surface area contributed by atoms with Crippen molar-refractivity contribution in [3.05, 3.63) is 0 Å². The summed E-state index contributed by atoms with van der Waals surface area (Å²) in [6.07, 6.45) is 5.86. The van der Waals surface area contributed by atoms with Gasteiger partial charge in [-0.2, -0.15) is 0 Å². The molecule has 0 aliphatic heterocycles. The van der Waals surface area contributed by atoms with Gasteiger partial charge in [-0.1, -0.05) is 19.3 Å². The Morgan fingerprint density at radius 1 is 1.25 bits per heavy atom. The Morgan fingerprint density at radius 2 is 1.83 bits per heavy atom. The average Bonchev–Trinajstić information content (AvgIpc) is 2.05. The summed E-state index contributed by atoms with van der Waals surface area (Å²) in [5, 5.41) is 1.72. The zero-order chi connectivity index (χ0) is 8.97. The number of nitrogens with zero attached hydrogens (tertiary/aromatic N) is 1. The van der Waals surface area contributed by atoms with E-state index < -0.39 is 0 Å². The molecule has 0 radical (unpaired) electrons. The van der Waals surface area contributed by atoms with E-state index in [9.17, 15) is 4.79 Å². The summed E-state index contributed by atoms with van der Waals surface area (Å²) in [6.45, 7) is 0. The Kier molecular flexibility index (Phi) is 3.53. The van der Waals surface area contributed by atoms with Crippen molar-refractivity contribution in [3.8, 4) is 0 Å². The van der Waals surface area contributed by atoms with Gasteiger partial charge in [-0.25, -0.2) is 5.01 Å². The van der Waals surface area contributed by atoms with Crippen LogP contribution < -0.4 is 5.43 Å². The van der Waals surface area contributed by atoms with Crippen LogP contribution in [0.5, 0.6) is 0 Å². The molecule has 0 bridgehead atoms. The molecular weight excluding hydrogens is 152 g/mol. The van der Waals surface area contributed by atoms with Gasteiger partial charge in [0.2, 0.25) is 5.91 Å². The number of hydrogen-bond donors (Lipinski definition) is 1. The highest BCUT2D eigenvalue weighted by Crippen LogP contribution is 2.23. The van der Waals surface area contributed by atoms with E-state index >= 15 is 0 Å². The molecule has 0 saturated heterocycles. The highest BCUT2D eigenvalue weighted by molar-refractivity contribution is 5.78. The van der Waals surface area contributed by atoms with Crippen LogP contribution in [0.2, 0.25) is 0 Å². The molecule has 1 amide bonds. The molecule has 1 fully saturated rings. The minimum absolute atomic E-state index is 0.194. The SMILES string of the molecule is CN(C)NC(=O)C1CCCCC1. The van der Waals surface area contributed by atoms with Gasteiger partial charge in [-0.15, -0.1) is 0 Å². The van der Waals surface area contributed by atoms with Crippen LogP contribution in [0.1, 0.15) is 32.1 Å². The number of nitrogens with one attached hydrogen (secondary N) is 1. The lowest BCUT2D eigenvalue weighted by atomic mass is 9.89. The maximum atomic E-state index is 11.5. The summed E-state index contributed by atoms with van der Waals surface area (Å²) >= 11 is 0. The second kappa shape index (κ2) is 4.45. The van der Waals surface area contributed by atoms with Crippen molar-refractivity contribution in [2.24, 2.45) is 5.92 Å². The normalized spacial score (nSPS) is 19.6. The lowest BCUT2D eigenvalue weighted by Gasteiger charge is -2.22. The number of hydrogen-bond acceptors (Lipinski definition) is 2. The van der Waals surface area contributed by atoms with Crippen molar-refractivity contribution < 1.29 is 4.79 Å². The molecule has 1 N–H and O–H groups in total. The molecule has 3 nitrogen and oxygen atoms in total. The van der Waals surface area contributed by atoms with Crippen LogP contribution in [-0.4, -0.2) is 25.0 Å². The van der Waals surface area contributed by atoms with E-state index in [1.54, 1.807) is 5.01 Å². The summed E-state index contributed by atoms with van der Waals surface area (Å²) in [6, 6.07) is 0. The van der Waals surface area contributed by atoms with Crippen LogP contribution in [0.3, 0.4) is 0 Å². The van der Waals surface area contributed by atoms with E-state index in [0.717, 1.165) is 12.8 Å². The molecular formula is C9H18N2O. The molecule has 1 rings (SSSR count). The van der Waals surface area contributed by atoms with Gasteiger partial charge >= 0.3 is 0 Å². The molecule has 0 unspecified atom stereocenters. The van der Waals surface area contributed by atoms with Crippen molar-refractivity contribution in [2.45, 2.75) is 32.1 Å². The Morgan fingerprint density at radius 3 is 2.33 bits per heavy atom. The standard InChI is InChI=1S/C9H18N2O/c1-11(2)10-9(12)8-6-4-3-5-7-8/h8H,3-7H2,1-2H3,(H,10,12). The minimum Gasteiger partial charge on any atom is -0.289 e. The van der Waals surface area contributed by atoms with Crippen molar-refractivity contribution in [1.29, 1.82) is 0 Å². The second-order valence-corrected chi connectivity index (χ2v) is 3.71. The molecule has 0 atom stereocenters. The van der Waals surface area contributed by atoms with E-state index in [-0.39, 0.29) is 11.8 Å². The number of rotatable bonds is 2. The Balaban J connectivity index is 2.30. The van der Waals surface area contributed by atoms with Crippen LogP contribution >= 0.6 is 0 Å². The number of amides is 1. The van der Waals surface area contributed by atoms with Crippen LogP contribution in [0, 0.1) is 5.92 Å². The van der Waals surface area contributed by atoms with Crippen LogP contribution in [0.4, 0.5) is 0 Å². The van der Waals surface area contributed by atoms with Gasteiger partial charge < -0.3 is 0 Å².